The summed E-state index contributed by atoms with van der Waals surface area (Å²) in [6, 6.07) is 18.7. The Hall–Kier alpha value is -1.89. The third-order valence-electron chi connectivity index (χ3n) is 2.60. The van der Waals surface area contributed by atoms with Gasteiger partial charge in [-0.15, -0.1) is 0 Å². The van der Waals surface area contributed by atoms with Crippen LogP contribution in [0, 0.1) is 6.92 Å². The first-order chi connectivity index (χ1) is 7.81. The number of hydrogen-bond donors (Lipinski definition) is 0. The van der Waals surface area contributed by atoms with Crippen LogP contribution in [0.15, 0.2) is 59.6 Å². The minimum absolute atomic E-state index is 1.04. The summed E-state index contributed by atoms with van der Waals surface area (Å²) in [6.07, 6.45) is 0. The number of benzene rings is 2. The van der Waals surface area contributed by atoms with E-state index < -0.39 is 0 Å². The topological polar surface area (TPSA) is 12.4 Å². The third kappa shape index (κ3) is 2.19. The van der Waals surface area contributed by atoms with Crippen LogP contribution in [0.5, 0.6) is 0 Å². The van der Waals surface area contributed by atoms with Crippen LogP contribution in [-0.2, 0) is 0 Å². The number of aryl methyl sites for hydroxylation is 1. The fourth-order valence-electron chi connectivity index (χ4n) is 1.73. The summed E-state index contributed by atoms with van der Waals surface area (Å²) < 4.78 is 0. The van der Waals surface area contributed by atoms with E-state index in [1.807, 2.05) is 25.2 Å². The van der Waals surface area contributed by atoms with Crippen LogP contribution in [-0.4, -0.2) is 12.8 Å². The monoisotopic (exact) mass is 209 g/mol. The molecule has 16 heavy (non-hydrogen) atoms. The number of hydrogen-bond acceptors (Lipinski definition) is 1. The summed E-state index contributed by atoms with van der Waals surface area (Å²) in [4.78, 5) is 4.37. The van der Waals surface area contributed by atoms with Crippen LogP contribution in [0.25, 0.3) is 0 Å². The van der Waals surface area contributed by atoms with Crippen LogP contribution in [0.2, 0.25) is 0 Å². The summed E-state index contributed by atoms with van der Waals surface area (Å²) in [6.45, 7) is 2.09. The maximum Gasteiger partial charge on any atom is 0.0715 e. The molecule has 2 rings (SSSR count). The van der Waals surface area contributed by atoms with Crippen LogP contribution in [0.3, 0.4) is 0 Å². The maximum atomic E-state index is 4.37. The van der Waals surface area contributed by atoms with E-state index in [1.165, 1.54) is 11.1 Å². The molecule has 0 saturated heterocycles. The zero-order valence-electron chi connectivity index (χ0n) is 9.64. The third-order valence-corrected chi connectivity index (χ3v) is 2.60. The van der Waals surface area contributed by atoms with E-state index in [4.69, 9.17) is 0 Å². The molecule has 2 aromatic carbocycles. The zero-order chi connectivity index (χ0) is 11.4. The Morgan fingerprint density at radius 2 is 1.38 bits per heavy atom. The molecular weight excluding hydrogens is 194 g/mol. The van der Waals surface area contributed by atoms with Gasteiger partial charge in [-0.25, -0.2) is 0 Å². The lowest BCUT2D eigenvalue weighted by atomic mass is 10.0. The van der Waals surface area contributed by atoms with Crippen molar-refractivity contribution in [3.05, 3.63) is 71.3 Å². The molecule has 0 saturated carbocycles. The largest absolute Gasteiger partial charge is 0.287 e. The molecule has 0 radical (unpaired) electrons. The van der Waals surface area contributed by atoms with Crippen LogP contribution in [0.4, 0.5) is 0 Å². The van der Waals surface area contributed by atoms with Gasteiger partial charge in [-0.05, 0) is 6.92 Å². The second-order valence-corrected chi connectivity index (χ2v) is 3.80. The highest BCUT2D eigenvalue weighted by atomic mass is 14.7. The van der Waals surface area contributed by atoms with E-state index in [2.05, 4.69) is 48.3 Å². The van der Waals surface area contributed by atoms with Gasteiger partial charge in [0.25, 0.3) is 0 Å². The lowest BCUT2D eigenvalue weighted by Crippen LogP contribution is -2.02. The SMILES string of the molecule is CN=C(c1ccccc1)c1ccc(C)cc1. The highest BCUT2D eigenvalue weighted by Gasteiger charge is 2.04. The second-order valence-electron chi connectivity index (χ2n) is 3.80. The molecule has 0 aromatic heterocycles. The van der Waals surface area contributed by atoms with Crippen molar-refractivity contribution in [3.8, 4) is 0 Å². The Bertz CT molecular complexity index is 481. The molecule has 0 spiro atoms. The quantitative estimate of drug-likeness (QED) is 0.672. The normalized spacial score (nSPS) is 11.5. The Morgan fingerprint density at radius 3 is 1.94 bits per heavy atom. The highest BCUT2D eigenvalue weighted by molar-refractivity contribution is 6.12. The van der Waals surface area contributed by atoms with Gasteiger partial charge in [-0.2, -0.15) is 0 Å². The van der Waals surface area contributed by atoms with Crippen molar-refractivity contribution in [1.29, 1.82) is 0 Å². The lowest BCUT2D eigenvalue weighted by molar-refractivity contribution is 1.40. The fourth-order valence-corrected chi connectivity index (χ4v) is 1.73. The van der Waals surface area contributed by atoms with Gasteiger partial charge in [0.05, 0.1) is 5.71 Å². The van der Waals surface area contributed by atoms with E-state index in [9.17, 15) is 0 Å². The smallest absolute Gasteiger partial charge is 0.0715 e. The van der Waals surface area contributed by atoms with E-state index in [0.29, 0.717) is 0 Å². The summed E-state index contributed by atoms with van der Waals surface area (Å²) in [5.41, 5.74) is 4.64. The fraction of sp³-hybridized carbons (Fsp3) is 0.133. The lowest BCUT2D eigenvalue weighted by Gasteiger charge is -2.06. The van der Waals surface area contributed by atoms with Gasteiger partial charge in [0, 0.05) is 18.2 Å². The molecule has 0 N–H and O–H groups in total. The van der Waals surface area contributed by atoms with E-state index in [0.717, 1.165) is 11.3 Å². The van der Waals surface area contributed by atoms with E-state index in [-0.39, 0.29) is 0 Å². The average molecular weight is 209 g/mol. The van der Waals surface area contributed by atoms with Crippen molar-refractivity contribution in [2.45, 2.75) is 6.92 Å². The average Bonchev–Trinajstić information content (AvgIpc) is 2.34. The Labute approximate surface area is 96.5 Å². The zero-order valence-corrected chi connectivity index (χ0v) is 9.64. The summed E-state index contributed by atoms with van der Waals surface area (Å²) in [5, 5.41) is 0. The van der Waals surface area contributed by atoms with Gasteiger partial charge in [-0.3, -0.25) is 4.99 Å². The molecule has 1 nitrogen and oxygen atoms in total. The maximum absolute atomic E-state index is 4.37. The predicted molar refractivity (Wildman–Crippen MR) is 69.2 cm³/mol. The standard InChI is InChI=1S/C15H15N/c1-12-8-10-14(11-9-12)15(16-2)13-6-4-3-5-7-13/h3-11H,1-2H3. The molecule has 0 bridgehead atoms. The highest BCUT2D eigenvalue weighted by Crippen LogP contribution is 2.11. The van der Waals surface area contributed by atoms with Crippen molar-refractivity contribution in [2.24, 2.45) is 4.99 Å². The number of aliphatic imine (C=N–C) groups is 1. The van der Waals surface area contributed by atoms with Gasteiger partial charge in [0.15, 0.2) is 0 Å². The molecule has 2 aromatic rings. The van der Waals surface area contributed by atoms with Crippen LogP contribution in [0.1, 0.15) is 16.7 Å². The molecule has 0 atom stereocenters. The molecule has 1 heteroatoms. The van der Waals surface area contributed by atoms with Crippen LogP contribution >= 0.6 is 0 Å². The first-order valence-electron chi connectivity index (χ1n) is 5.40. The van der Waals surface area contributed by atoms with Crippen molar-refractivity contribution in [3.63, 3.8) is 0 Å². The number of rotatable bonds is 2. The van der Waals surface area contributed by atoms with Crippen molar-refractivity contribution < 1.29 is 0 Å². The molecule has 80 valence electrons. The van der Waals surface area contributed by atoms with Crippen molar-refractivity contribution in [2.75, 3.05) is 7.05 Å². The molecular formula is C15H15N. The summed E-state index contributed by atoms with van der Waals surface area (Å²) >= 11 is 0. The van der Waals surface area contributed by atoms with E-state index >= 15 is 0 Å². The van der Waals surface area contributed by atoms with Gasteiger partial charge in [-0.1, -0.05) is 60.2 Å². The molecule has 0 aliphatic heterocycles. The minimum atomic E-state index is 1.04. The molecule has 0 aliphatic carbocycles. The summed E-state index contributed by atoms with van der Waals surface area (Å²) in [7, 11) is 1.84. The molecule has 0 amide bonds. The number of nitrogens with zero attached hydrogens (tertiary/aromatic N) is 1. The first-order valence-corrected chi connectivity index (χ1v) is 5.40. The first kappa shape index (κ1) is 10.6. The Morgan fingerprint density at radius 1 is 0.812 bits per heavy atom. The molecule has 0 heterocycles. The minimum Gasteiger partial charge on any atom is -0.287 e. The summed E-state index contributed by atoms with van der Waals surface area (Å²) in [5.74, 6) is 0. The predicted octanol–water partition coefficient (Wildman–Crippen LogP) is 3.46. The van der Waals surface area contributed by atoms with Gasteiger partial charge in [0.1, 0.15) is 0 Å². The van der Waals surface area contributed by atoms with Crippen LogP contribution < -0.4 is 0 Å². The van der Waals surface area contributed by atoms with Gasteiger partial charge < -0.3 is 0 Å². The van der Waals surface area contributed by atoms with Crippen molar-refractivity contribution >= 4 is 5.71 Å². The van der Waals surface area contributed by atoms with Gasteiger partial charge >= 0.3 is 0 Å². The Kier molecular flexibility index (Phi) is 3.16. The second kappa shape index (κ2) is 4.75. The molecule has 0 fully saturated rings. The van der Waals surface area contributed by atoms with Crippen molar-refractivity contribution in [1.82, 2.24) is 0 Å². The van der Waals surface area contributed by atoms with Gasteiger partial charge in [0.2, 0.25) is 0 Å². The molecule has 0 aliphatic rings. The molecule has 0 unspecified atom stereocenters. The van der Waals surface area contributed by atoms with E-state index in [1.54, 1.807) is 0 Å². The Balaban J connectivity index is 2.42.